The molecule has 0 spiro atoms. The Hall–Kier alpha value is -2.07. The number of likely N-dealkylation sites (N-methyl/N-ethyl adjacent to an activating group) is 1. The van der Waals surface area contributed by atoms with Gasteiger partial charge in [-0.05, 0) is 69.1 Å². The van der Waals surface area contributed by atoms with E-state index >= 15 is 0 Å². The van der Waals surface area contributed by atoms with Gasteiger partial charge in [0.1, 0.15) is 0 Å². The van der Waals surface area contributed by atoms with E-state index in [-0.39, 0.29) is 5.91 Å². The van der Waals surface area contributed by atoms with Crippen LogP contribution in [0.2, 0.25) is 0 Å². The summed E-state index contributed by atoms with van der Waals surface area (Å²) in [5.74, 6) is 0.204. The molecule has 0 unspecified atom stereocenters. The summed E-state index contributed by atoms with van der Waals surface area (Å²) >= 11 is 0. The molecule has 4 heteroatoms. The quantitative estimate of drug-likeness (QED) is 0.857. The Kier molecular flexibility index (Phi) is 4.62. The zero-order chi connectivity index (χ0) is 17.2. The van der Waals surface area contributed by atoms with E-state index in [4.69, 9.17) is 0 Å². The Morgan fingerprint density at radius 3 is 2.36 bits per heavy atom. The Morgan fingerprint density at radius 1 is 1.00 bits per heavy atom. The van der Waals surface area contributed by atoms with Crippen LogP contribution in [0, 0.1) is 0 Å². The fourth-order valence-electron chi connectivity index (χ4n) is 4.47. The largest absolute Gasteiger partial charge is 0.350 e. The van der Waals surface area contributed by atoms with Crippen LogP contribution in [-0.4, -0.2) is 52.5 Å². The highest BCUT2D eigenvalue weighted by Crippen LogP contribution is 2.30. The van der Waals surface area contributed by atoms with E-state index in [9.17, 15) is 4.79 Å². The van der Waals surface area contributed by atoms with Crippen LogP contribution in [-0.2, 0) is 6.54 Å². The molecular formula is C21H27N3O. The van der Waals surface area contributed by atoms with E-state index in [1.165, 1.54) is 18.4 Å². The molecule has 2 saturated heterocycles. The van der Waals surface area contributed by atoms with Crippen LogP contribution in [0.4, 0.5) is 0 Å². The number of aromatic nitrogens is 1. The molecule has 0 bridgehead atoms. The van der Waals surface area contributed by atoms with Crippen molar-refractivity contribution in [1.29, 1.82) is 0 Å². The van der Waals surface area contributed by atoms with Crippen LogP contribution < -0.4 is 0 Å². The highest BCUT2D eigenvalue weighted by Gasteiger charge is 2.38. The van der Waals surface area contributed by atoms with Crippen molar-refractivity contribution in [1.82, 2.24) is 14.4 Å². The summed E-state index contributed by atoms with van der Waals surface area (Å²) < 4.78 is 2.14. The van der Waals surface area contributed by atoms with Gasteiger partial charge in [0.05, 0.1) is 0 Å². The van der Waals surface area contributed by atoms with Crippen LogP contribution >= 0.6 is 0 Å². The van der Waals surface area contributed by atoms with Crippen molar-refractivity contribution in [2.24, 2.45) is 0 Å². The lowest BCUT2D eigenvalue weighted by molar-refractivity contribution is 0.0664. The molecule has 25 heavy (non-hydrogen) atoms. The van der Waals surface area contributed by atoms with Gasteiger partial charge in [-0.1, -0.05) is 12.1 Å². The Labute approximate surface area is 150 Å². The minimum Gasteiger partial charge on any atom is -0.350 e. The molecule has 1 aromatic carbocycles. The number of hydrogen-bond donors (Lipinski definition) is 0. The number of carbonyl (C=O) groups is 1. The van der Waals surface area contributed by atoms with Gasteiger partial charge in [-0.25, -0.2) is 0 Å². The second kappa shape index (κ2) is 7.04. The predicted octanol–water partition coefficient (Wildman–Crippen LogP) is 3.24. The van der Waals surface area contributed by atoms with Gasteiger partial charge in [-0.15, -0.1) is 0 Å². The molecule has 2 aliphatic heterocycles. The van der Waals surface area contributed by atoms with Gasteiger partial charge in [0.15, 0.2) is 0 Å². The molecule has 0 saturated carbocycles. The first-order chi connectivity index (χ1) is 12.2. The van der Waals surface area contributed by atoms with Crippen molar-refractivity contribution in [3.05, 3.63) is 59.9 Å². The van der Waals surface area contributed by atoms with E-state index in [2.05, 4.69) is 45.9 Å². The van der Waals surface area contributed by atoms with E-state index in [0.717, 1.165) is 38.0 Å². The maximum absolute atomic E-state index is 13.1. The Balaban J connectivity index is 1.46. The number of hydrogen-bond acceptors (Lipinski definition) is 2. The van der Waals surface area contributed by atoms with Crippen molar-refractivity contribution in [3.8, 4) is 0 Å². The third-order valence-electron chi connectivity index (χ3n) is 5.81. The molecule has 4 rings (SSSR count). The molecule has 1 aromatic heterocycles. The molecule has 3 heterocycles. The maximum atomic E-state index is 13.1. The monoisotopic (exact) mass is 337 g/mol. The van der Waals surface area contributed by atoms with E-state index < -0.39 is 0 Å². The number of benzene rings is 1. The molecule has 0 radical (unpaired) electrons. The molecule has 2 aromatic rings. The van der Waals surface area contributed by atoms with Crippen LogP contribution in [0.1, 0.15) is 41.6 Å². The molecule has 0 N–H and O–H groups in total. The third kappa shape index (κ3) is 3.36. The SMILES string of the molecule is CN1CCC[C@H]1[C@@H]1CCCN1C(=O)c1ccc(Cn2cccc2)cc1. The highest BCUT2D eigenvalue weighted by atomic mass is 16.2. The molecule has 2 fully saturated rings. The van der Waals surface area contributed by atoms with Crippen LogP contribution in [0.15, 0.2) is 48.8 Å². The lowest BCUT2D eigenvalue weighted by Gasteiger charge is -2.33. The number of amides is 1. The van der Waals surface area contributed by atoms with Crippen molar-refractivity contribution in [2.45, 2.75) is 44.3 Å². The summed E-state index contributed by atoms with van der Waals surface area (Å²) in [6, 6.07) is 13.2. The topological polar surface area (TPSA) is 28.5 Å². The Bertz CT molecular complexity index is 707. The summed E-state index contributed by atoms with van der Waals surface area (Å²) in [6.07, 6.45) is 8.88. The zero-order valence-electron chi connectivity index (χ0n) is 15.0. The van der Waals surface area contributed by atoms with Crippen molar-refractivity contribution in [2.75, 3.05) is 20.1 Å². The molecule has 132 valence electrons. The molecule has 0 aliphatic carbocycles. The van der Waals surface area contributed by atoms with Crippen molar-refractivity contribution < 1.29 is 4.79 Å². The standard InChI is InChI=1S/C21H27N3O/c1-22-12-4-6-19(22)20-7-5-15-24(20)21(25)18-10-8-17(9-11-18)16-23-13-2-3-14-23/h2-3,8-11,13-14,19-20H,4-7,12,15-16H2,1H3/t19-,20-/m0/s1. The van der Waals surface area contributed by atoms with E-state index in [1.807, 2.05) is 24.3 Å². The van der Waals surface area contributed by atoms with Crippen LogP contribution in [0.5, 0.6) is 0 Å². The zero-order valence-corrected chi connectivity index (χ0v) is 15.0. The minimum absolute atomic E-state index is 0.204. The van der Waals surface area contributed by atoms with Gasteiger partial charge in [-0.3, -0.25) is 4.79 Å². The van der Waals surface area contributed by atoms with E-state index in [0.29, 0.717) is 12.1 Å². The lowest BCUT2D eigenvalue weighted by atomic mass is 10.0. The summed E-state index contributed by atoms with van der Waals surface area (Å²) in [4.78, 5) is 17.6. The van der Waals surface area contributed by atoms with Gasteiger partial charge in [0.2, 0.25) is 0 Å². The van der Waals surface area contributed by atoms with Crippen LogP contribution in [0.3, 0.4) is 0 Å². The smallest absolute Gasteiger partial charge is 0.254 e. The summed E-state index contributed by atoms with van der Waals surface area (Å²) in [7, 11) is 2.20. The highest BCUT2D eigenvalue weighted by molar-refractivity contribution is 5.94. The number of nitrogens with zero attached hydrogens (tertiary/aromatic N) is 3. The second-order valence-electron chi connectivity index (χ2n) is 7.45. The molecular weight excluding hydrogens is 310 g/mol. The van der Waals surface area contributed by atoms with Gasteiger partial charge >= 0.3 is 0 Å². The van der Waals surface area contributed by atoms with Crippen molar-refractivity contribution in [3.63, 3.8) is 0 Å². The van der Waals surface area contributed by atoms with Gasteiger partial charge < -0.3 is 14.4 Å². The first-order valence-corrected chi connectivity index (χ1v) is 9.43. The van der Waals surface area contributed by atoms with E-state index in [1.54, 1.807) is 0 Å². The molecule has 1 amide bonds. The minimum atomic E-state index is 0.204. The number of rotatable bonds is 4. The number of likely N-dealkylation sites (tertiary alicyclic amines) is 2. The molecule has 2 atom stereocenters. The van der Waals surface area contributed by atoms with Gasteiger partial charge in [0.25, 0.3) is 5.91 Å². The van der Waals surface area contributed by atoms with Crippen LogP contribution in [0.25, 0.3) is 0 Å². The molecule has 2 aliphatic rings. The second-order valence-corrected chi connectivity index (χ2v) is 7.45. The molecule has 4 nitrogen and oxygen atoms in total. The summed E-state index contributed by atoms with van der Waals surface area (Å²) in [5, 5.41) is 0. The number of carbonyl (C=O) groups excluding carboxylic acids is 1. The fourth-order valence-corrected chi connectivity index (χ4v) is 4.47. The fraction of sp³-hybridized carbons (Fsp3) is 0.476. The van der Waals surface area contributed by atoms with Gasteiger partial charge in [0, 0.05) is 43.1 Å². The summed E-state index contributed by atoms with van der Waals surface area (Å²) in [6.45, 7) is 2.91. The average molecular weight is 337 g/mol. The first-order valence-electron chi connectivity index (χ1n) is 9.43. The normalized spacial score (nSPS) is 24.1. The third-order valence-corrected chi connectivity index (χ3v) is 5.81. The predicted molar refractivity (Wildman–Crippen MR) is 99.7 cm³/mol. The average Bonchev–Trinajstić information content (AvgIpc) is 3.36. The van der Waals surface area contributed by atoms with Gasteiger partial charge in [-0.2, -0.15) is 0 Å². The maximum Gasteiger partial charge on any atom is 0.254 e. The lowest BCUT2D eigenvalue weighted by Crippen LogP contribution is -2.47. The van der Waals surface area contributed by atoms with Crippen molar-refractivity contribution >= 4 is 5.91 Å². The first kappa shape index (κ1) is 16.4. The summed E-state index contributed by atoms with van der Waals surface area (Å²) in [5.41, 5.74) is 2.05. The Morgan fingerprint density at radius 2 is 1.68 bits per heavy atom.